The fourth-order valence-corrected chi connectivity index (χ4v) is 5.04. The second-order valence-corrected chi connectivity index (χ2v) is 11.8. The van der Waals surface area contributed by atoms with Crippen molar-refractivity contribution in [1.29, 1.82) is 0 Å². The number of terminal acetylenes is 1. The minimum atomic E-state index is -2.63. The van der Waals surface area contributed by atoms with Crippen molar-refractivity contribution in [1.82, 2.24) is 24.6 Å². The third-order valence-corrected chi connectivity index (χ3v) is 7.11. The van der Waals surface area contributed by atoms with E-state index in [4.69, 9.17) is 38.0 Å². The number of nitrogen functional groups attached to an aromatic ring is 1. The molecule has 2 aromatic rings. The Morgan fingerprint density at radius 3 is 2.83 bits per heavy atom. The zero-order valence-corrected chi connectivity index (χ0v) is 22.4. The predicted molar refractivity (Wildman–Crippen MR) is 137 cm³/mol. The molecule has 15 heteroatoms. The molecule has 1 aliphatic rings. The Hall–Kier alpha value is -2.40. The third-order valence-electron chi connectivity index (χ3n) is 5.31. The number of aromatic nitrogens is 4. The number of carbonyl (C=O) groups excluding carboxylic acids is 1. The lowest BCUT2D eigenvalue weighted by atomic mass is 9.97. The van der Waals surface area contributed by atoms with Gasteiger partial charge in [0.2, 0.25) is 11.6 Å². The summed E-state index contributed by atoms with van der Waals surface area (Å²) in [6.45, 7) is 7.41. The van der Waals surface area contributed by atoms with E-state index in [0.29, 0.717) is 11.3 Å². The fraction of sp³-hybridized carbons (Fsp3) is 0.619. The van der Waals surface area contributed by atoms with Gasteiger partial charge in [-0.3, -0.25) is 14.4 Å². The number of alkyl halides is 1. The minimum absolute atomic E-state index is 0.0724. The van der Waals surface area contributed by atoms with Crippen molar-refractivity contribution in [2.45, 2.75) is 57.8 Å². The van der Waals surface area contributed by atoms with Gasteiger partial charge in [-0.2, -0.15) is 9.97 Å². The van der Waals surface area contributed by atoms with E-state index in [2.05, 4.69) is 25.4 Å². The van der Waals surface area contributed by atoms with Gasteiger partial charge in [-0.1, -0.05) is 38.5 Å². The Kier molecular flexibility index (Phi) is 8.55. The van der Waals surface area contributed by atoms with E-state index in [1.807, 2.05) is 26.7 Å². The molecule has 0 aromatic carbocycles. The van der Waals surface area contributed by atoms with E-state index >= 15 is 4.39 Å². The molecule has 12 nitrogen and oxygen atoms in total. The second-order valence-electron chi connectivity index (χ2n) is 9.52. The maximum atomic E-state index is 15.8. The lowest BCUT2D eigenvalue weighted by Gasteiger charge is -2.23. The zero-order chi connectivity index (χ0) is 26.8. The van der Waals surface area contributed by atoms with Gasteiger partial charge in [0, 0.05) is 7.05 Å². The summed E-state index contributed by atoms with van der Waals surface area (Å²) in [7, 11) is -0.534. The van der Waals surface area contributed by atoms with E-state index in [1.165, 1.54) is 10.9 Å². The number of nitrogens with zero attached hydrogens (tertiary/aromatic N) is 4. The van der Waals surface area contributed by atoms with Crippen molar-refractivity contribution in [3.8, 4) is 12.3 Å². The van der Waals surface area contributed by atoms with Gasteiger partial charge < -0.3 is 30.2 Å². The van der Waals surface area contributed by atoms with Crippen LogP contribution in [0.2, 0.25) is 0 Å². The summed E-state index contributed by atoms with van der Waals surface area (Å²) in [5.41, 5.74) is 3.44. The smallest absolute Gasteiger partial charge is 0.323 e. The van der Waals surface area contributed by atoms with Gasteiger partial charge in [-0.05, 0) is 12.3 Å². The molecule has 0 saturated carbocycles. The molecule has 198 valence electrons. The fourth-order valence-electron chi connectivity index (χ4n) is 3.44. The number of aliphatic hydroxyl groups excluding tert-OH is 1. The van der Waals surface area contributed by atoms with Gasteiger partial charge in [0.25, 0.3) is 0 Å². The lowest BCUT2D eigenvalue weighted by Crippen LogP contribution is -2.42. The number of carbonyl (C=O) groups is 1. The average Bonchev–Trinajstić information content (AvgIpc) is 3.33. The number of imidazole rings is 1. The number of aliphatic hydroxyl groups is 1. The standard InChI is InChI=1S/C21H31FN7O5PS/c1-7-21(22)14(30)12(8-33-35(36)28-11(2)17(31)32-9-20(3,4)5)34-18(21)29-10-25-13-15(24-6)26-19(23)27-16(13)29/h1,10-12,14,18,30,35H,8-9H2,2-6H3,(H,28,36)(H3,23,24,26,27)/t11-,12-,14-,18-,21-/m1/s1. The van der Waals surface area contributed by atoms with E-state index < -0.39 is 43.2 Å². The largest absolute Gasteiger partial charge is 0.464 e. The maximum absolute atomic E-state index is 15.8. The summed E-state index contributed by atoms with van der Waals surface area (Å²) in [5, 5.41) is 16.4. The van der Waals surface area contributed by atoms with Crippen molar-refractivity contribution in [2.24, 2.45) is 5.41 Å². The summed E-state index contributed by atoms with van der Waals surface area (Å²) in [6.07, 6.45) is 2.37. The number of nitrogens with one attached hydrogen (secondary N) is 2. The van der Waals surface area contributed by atoms with Crippen molar-refractivity contribution in [3.05, 3.63) is 6.33 Å². The Labute approximate surface area is 214 Å². The van der Waals surface area contributed by atoms with Gasteiger partial charge in [-0.25, -0.2) is 9.37 Å². The molecule has 0 amide bonds. The predicted octanol–water partition coefficient (Wildman–Crippen LogP) is 1.14. The van der Waals surface area contributed by atoms with Gasteiger partial charge in [0.15, 0.2) is 23.2 Å². The van der Waals surface area contributed by atoms with Crippen LogP contribution >= 0.6 is 7.07 Å². The number of anilines is 2. The van der Waals surface area contributed by atoms with Crippen LogP contribution in [0.5, 0.6) is 0 Å². The van der Waals surface area contributed by atoms with Crippen LogP contribution in [0.3, 0.4) is 0 Å². The first-order valence-electron chi connectivity index (χ1n) is 11.1. The van der Waals surface area contributed by atoms with Crippen LogP contribution in [0.15, 0.2) is 6.33 Å². The quantitative estimate of drug-likeness (QED) is 0.203. The minimum Gasteiger partial charge on any atom is -0.464 e. The summed E-state index contributed by atoms with van der Waals surface area (Å²) in [4.78, 5) is 24.5. The Balaban J connectivity index is 1.70. The molecule has 0 bridgehead atoms. The molecule has 1 unspecified atom stereocenters. The number of rotatable bonds is 9. The Morgan fingerprint density at radius 2 is 2.22 bits per heavy atom. The van der Waals surface area contributed by atoms with Gasteiger partial charge in [0.1, 0.15) is 25.3 Å². The molecule has 0 aliphatic carbocycles. The monoisotopic (exact) mass is 543 g/mol. The Morgan fingerprint density at radius 1 is 1.53 bits per heavy atom. The van der Waals surface area contributed by atoms with Crippen LogP contribution in [-0.2, 0) is 30.6 Å². The zero-order valence-electron chi connectivity index (χ0n) is 20.6. The van der Waals surface area contributed by atoms with E-state index in [0.717, 1.165) is 0 Å². The summed E-state index contributed by atoms with van der Waals surface area (Å²) in [5.74, 6) is 1.79. The molecular formula is C21H31FN7O5PS. The van der Waals surface area contributed by atoms with Crippen LogP contribution < -0.4 is 16.1 Å². The van der Waals surface area contributed by atoms with E-state index in [-0.39, 0.29) is 30.2 Å². The van der Waals surface area contributed by atoms with Crippen molar-refractivity contribution < 1.29 is 28.3 Å². The summed E-state index contributed by atoms with van der Waals surface area (Å²) in [6, 6.07) is -0.712. The van der Waals surface area contributed by atoms with Crippen LogP contribution in [-0.4, -0.2) is 74.8 Å². The van der Waals surface area contributed by atoms with Crippen LogP contribution in [0.1, 0.15) is 33.9 Å². The third kappa shape index (κ3) is 5.94. The van der Waals surface area contributed by atoms with Gasteiger partial charge in [0.05, 0.1) is 19.5 Å². The number of nitrogens with two attached hydrogens (primary N) is 1. The highest BCUT2D eigenvalue weighted by Crippen LogP contribution is 2.43. The normalized spacial score (nSPS) is 25.9. The summed E-state index contributed by atoms with van der Waals surface area (Å²) >= 11 is 5.30. The first kappa shape index (κ1) is 28.2. The number of hydrogen-bond acceptors (Lipinski definition) is 11. The van der Waals surface area contributed by atoms with Gasteiger partial charge >= 0.3 is 5.97 Å². The molecule has 1 aliphatic heterocycles. The number of halogens is 1. The maximum Gasteiger partial charge on any atom is 0.323 e. The molecule has 0 radical (unpaired) electrons. The topological polar surface area (TPSA) is 159 Å². The van der Waals surface area contributed by atoms with Crippen molar-refractivity contribution in [3.63, 3.8) is 0 Å². The molecule has 36 heavy (non-hydrogen) atoms. The number of hydrogen-bond donors (Lipinski definition) is 4. The molecule has 1 fully saturated rings. The van der Waals surface area contributed by atoms with Crippen LogP contribution in [0.4, 0.5) is 16.2 Å². The highest BCUT2D eigenvalue weighted by atomic mass is 32.4. The molecular weight excluding hydrogens is 512 g/mol. The molecule has 3 heterocycles. The Bertz CT molecular complexity index is 1190. The van der Waals surface area contributed by atoms with E-state index in [9.17, 15) is 9.90 Å². The SMILES string of the molecule is C#C[C@@]1(F)[C@H](O)[C@@H](CO[PH](=S)N[C@H](C)C(=O)OCC(C)(C)C)O[C@H]1n1cnc2c(NC)nc(N)nc21. The average molecular weight is 544 g/mol. The van der Waals surface area contributed by atoms with Crippen LogP contribution in [0, 0.1) is 17.8 Å². The summed E-state index contributed by atoms with van der Waals surface area (Å²) < 4.78 is 33.8. The molecule has 6 atom stereocenters. The highest BCUT2D eigenvalue weighted by Gasteiger charge is 2.58. The molecule has 1 saturated heterocycles. The molecule has 5 N–H and O–H groups in total. The first-order valence-corrected chi connectivity index (χ1v) is 13.6. The van der Waals surface area contributed by atoms with Gasteiger partial charge in [-0.15, -0.1) is 6.42 Å². The lowest BCUT2D eigenvalue weighted by molar-refractivity contribution is -0.147. The van der Waals surface area contributed by atoms with Crippen LogP contribution in [0.25, 0.3) is 11.2 Å². The second kappa shape index (κ2) is 10.9. The first-order chi connectivity index (χ1) is 16.8. The van der Waals surface area contributed by atoms with Crippen molar-refractivity contribution >= 4 is 47.8 Å². The number of ether oxygens (including phenoxy) is 2. The number of fused-ring (bicyclic) bond motifs is 1. The van der Waals surface area contributed by atoms with Crippen molar-refractivity contribution in [2.75, 3.05) is 31.3 Å². The molecule has 3 rings (SSSR count). The molecule has 2 aromatic heterocycles. The molecule has 0 spiro atoms. The van der Waals surface area contributed by atoms with E-state index in [1.54, 1.807) is 14.0 Å². The highest BCUT2D eigenvalue weighted by molar-refractivity contribution is 8.02. The number of esters is 1.